The smallest absolute Gasteiger partial charge is 0.338 e. The van der Waals surface area contributed by atoms with E-state index in [2.05, 4.69) is 18.1 Å². The van der Waals surface area contributed by atoms with Crippen molar-refractivity contribution in [2.45, 2.75) is 20.8 Å². The molecule has 0 unspecified atom stereocenters. The van der Waals surface area contributed by atoms with Crippen LogP contribution in [0.25, 0.3) is 0 Å². The first-order chi connectivity index (χ1) is 19.4. The van der Waals surface area contributed by atoms with Gasteiger partial charge in [-0.15, -0.1) is 0 Å². The van der Waals surface area contributed by atoms with Crippen molar-refractivity contribution in [1.29, 1.82) is 0 Å². The molecule has 0 spiro atoms. The van der Waals surface area contributed by atoms with Crippen LogP contribution in [0.4, 0.5) is 19.3 Å². The number of anilines is 1. The van der Waals surface area contributed by atoms with Gasteiger partial charge in [0, 0.05) is 10.7 Å². The van der Waals surface area contributed by atoms with Gasteiger partial charge in [0.25, 0.3) is 5.91 Å². The van der Waals surface area contributed by atoms with Crippen LogP contribution in [0.2, 0.25) is 15.1 Å². The van der Waals surface area contributed by atoms with Crippen LogP contribution >= 0.6 is 47.6 Å². The minimum atomic E-state index is -1.27. The molecule has 0 fully saturated rings. The summed E-state index contributed by atoms with van der Waals surface area (Å²) in [5, 5.41) is 3.55. The number of imide groups is 1. The zero-order chi connectivity index (χ0) is 30.0. The van der Waals surface area contributed by atoms with Crippen LogP contribution in [-0.2, 0) is 0 Å². The molecule has 212 valence electrons. The van der Waals surface area contributed by atoms with Gasteiger partial charge in [0.05, 0.1) is 10.0 Å². The summed E-state index contributed by atoms with van der Waals surface area (Å²) in [5.41, 5.74) is 1.05. The minimum Gasteiger partial charge on any atom is -0.456 e. The molecule has 0 saturated carbocycles. The number of amides is 3. The van der Waals surface area contributed by atoms with Crippen molar-refractivity contribution in [3.8, 4) is 23.0 Å². The first-order valence-corrected chi connectivity index (χ1v) is 13.4. The molecule has 6 nitrogen and oxygen atoms in total. The number of aryl methyl sites for hydroxylation is 2. The fourth-order valence-corrected chi connectivity index (χ4v) is 4.66. The lowest BCUT2D eigenvalue weighted by atomic mass is 10.1. The monoisotopic (exact) mass is 636 g/mol. The summed E-state index contributed by atoms with van der Waals surface area (Å²) >= 11 is 22.6. The third-order valence-corrected chi connectivity index (χ3v) is 7.28. The predicted octanol–water partition coefficient (Wildman–Crippen LogP) is 9.95. The van der Waals surface area contributed by atoms with Crippen molar-refractivity contribution in [3.05, 3.63) is 110 Å². The number of thiol groups is 1. The molecule has 0 aromatic heterocycles. The van der Waals surface area contributed by atoms with Crippen LogP contribution in [0, 0.1) is 32.4 Å². The zero-order valence-corrected chi connectivity index (χ0v) is 24.9. The van der Waals surface area contributed by atoms with Gasteiger partial charge in [-0.3, -0.25) is 4.79 Å². The Morgan fingerprint density at radius 1 is 0.854 bits per heavy atom. The SMILES string of the molecule is Cc1cc(Oc2ccc(Cl)cc2Cl)ccc1Oc1c(C)cc(NC(=O)N(S)C(=O)c2c(F)cccc2F)c(C)c1Cl. The summed E-state index contributed by atoms with van der Waals surface area (Å²) in [7, 11) is 0. The molecular formula is C29H21Cl3F2N2O4S. The van der Waals surface area contributed by atoms with Crippen molar-refractivity contribution in [3.63, 3.8) is 0 Å². The number of carbonyl (C=O) groups excluding carboxylic acids is 2. The molecule has 0 bridgehead atoms. The quantitative estimate of drug-likeness (QED) is 0.207. The molecule has 12 heteroatoms. The van der Waals surface area contributed by atoms with E-state index in [1.165, 1.54) is 0 Å². The normalized spacial score (nSPS) is 10.8. The molecule has 41 heavy (non-hydrogen) atoms. The lowest BCUT2D eigenvalue weighted by Crippen LogP contribution is -2.34. The molecule has 4 rings (SSSR count). The van der Waals surface area contributed by atoms with Crippen LogP contribution in [0.1, 0.15) is 27.0 Å². The van der Waals surface area contributed by atoms with Gasteiger partial charge in [0.1, 0.15) is 40.2 Å². The molecule has 3 amide bonds. The largest absolute Gasteiger partial charge is 0.456 e. The second-order valence-corrected chi connectivity index (χ2v) is 10.5. The van der Waals surface area contributed by atoms with Crippen molar-refractivity contribution in [1.82, 2.24) is 4.31 Å². The maximum Gasteiger partial charge on any atom is 0.338 e. The van der Waals surface area contributed by atoms with E-state index >= 15 is 0 Å². The van der Waals surface area contributed by atoms with Crippen LogP contribution < -0.4 is 14.8 Å². The van der Waals surface area contributed by atoms with Gasteiger partial charge < -0.3 is 14.8 Å². The Bertz CT molecular complexity index is 1670. The highest BCUT2D eigenvalue weighted by molar-refractivity contribution is 7.79. The second-order valence-electron chi connectivity index (χ2n) is 8.86. The van der Waals surface area contributed by atoms with E-state index in [9.17, 15) is 18.4 Å². The average Bonchev–Trinajstić information content (AvgIpc) is 2.91. The molecule has 0 radical (unpaired) electrons. The van der Waals surface area contributed by atoms with Gasteiger partial charge in [-0.2, -0.15) is 0 Å². The Morgan fingerprint density at radius 2 is 1.51 bits per heavy atom. The average molecular weight is 638 g/mol. The number of rotatable bonds is 6. The molecule has 0 aliphatic heterocycles. The molecule has 4 aromatic carbocycles. The summed E-state index contributed by atoms with van der Waals surface area (Å²) < 4.78 is 40.3. The fraction of sp³-hybridized carbons (Fsp3) is 0.103. The Hall–Kier alpha value is -3.50. The van der Waals surface area contributed by atoms with E-state index < -0.39 is 29.1 Å². The number of nitrogens with one attached hydrogen (secondary N) is 1. The molecule has 0 aliphatic carbocycles. The van der Waals surface area contributed by atoms with Crippen molar-refractivity contribution in [2.75, 3.05) is 5.32 Å². The molecule has 4 aromatic rings. The topological polar surface area (TPSA) is 67.9 Å². The van der Waals surface area contributed by atoms with E-state index in [0.717, 1.165) is 23.8 Å². The van der Waals surface area contributed by atoms with Crippen molar-refractivity contribution >= 4 is 65.2 Å². The summed E-state index contributed by atoms with van der Waals surface area (Å²) in [5.74, 6) is -1.71. The van der Waals surface area contributed by atoms with Gasteiger partial charge >= 0.3 is 6.03 Å². The first-order valence-electron chi connectivity index (χ1n) is 11.9. The number of halogens is 5. The van der Waals surface area contributed by atoms with Gasteiger partial charge in [0.2, 0.25) is 0 Å². The van der Waals surface area contributed by atoms with Crippen LogP contribution in [0.5, 0.6) is 23.0 Å². The highest BCUT2D eigenvalue weighted by Gasteiger charge is 2.27. The van der Waals surface area contributed by atoms with Gasteiger partial charge in [0.15, 0.2) is 0 Å². The Morgan fingerprint density at radius 3 is 2.15 bits per heavy atom. The van der Waals surface area contributed by atoms with E-state index in [1.54, 1.807) is 56.3 Å². The fourth-order valence-electron chi connectivity index (χ4n) is 3.77. The lowest BCUT2D eigenvalue weighted by molar-refractivity contribution is 0.0893. The minimum absolute atomic E-state index is 0.199. The number of hydrogen-bond acceptors (Lipinski definition) is 5. The molecule has 1 N–H and O–H groups in total. The van der Waals surface area contributed by atoms with Crippen molar-refractivity contribution in [2.24, 2.45) is 0 Å². The van der Waals surface area contributed by atoms with Gasteiger partial charge in [-0.1, -0.05) is 53.7 Å². The molecule has 0 heterocycles. The summed E-state index contributed by atoms with van der Waals surface area (Å²) in [4.78, 5) is 25.2. The van der Waals surface area contributed by atoms with Gasteiger partial charge in [-0.05, 0) is 92.1 Å². The number of nitrogens with zero attached hydrogens (tertiary/aromatic N) is 1. The summed E-state index contributed by atoms with van der Waals surface area (Å²) in [6.07, 6.45) is 0. The first kappa shape index (κ1) is 30.5. The molecule has 0 aliphatic rings. The molecular weight excluding hydrogens is 617 g/mol. The number of benzene rings is 4. The van der Waals surface area contributed by atoms with Gasteiger partial charge in [-0.25, -0.2) is 17.9 Å². The second kappa shape index (κ2) is 12.6. The Labute approximate surface area is 255 Å². The molecule has 0 saturated heterocycles. The molecule has 0 atom stereocenters. The number of ether oxygens (including phenoxy) is 2. The standard InChI is InChI=1S/C29H21Cl3F2N2O4S/c1-14-11-18(39-24-9-7-17(30)13-19(24)31)8-10-23(14)40-27-15(2)12-22(16(3)26(27)32)35-29(38)36(41)28(37)25-20(33)5-4-6-21(25)34/h4-13,41H,1-3H3,(H,35,38). The zero-order valence-electron chi connectivity index (χ0n) is 21.7. The maximum absolute atomic E-state index is 14.0. The maximum atomic E-state index is 14.0. The van der Waals surface area contributed by atoms with Crippen molar-refractivity contribution < 1.29 is 27.8 Å². The summed E-state index contributed by atoms with van der Waals surface area (Å²) in [6.45, 7) is 5.17. The highest BCUT2D eigenvalue weighted by Crippen LogP contribution is 2.41. The third kappa shape index (κ3) is 6.70. The lowest BCUT2D eigenvalue weighted by Gasteiger charge is -2.20. The van der Waals surface area contributed by atoms with E-state index in [0.29, 0.717) is 44.2 Å². The number of urea groups is 1. The third-order valence-electron chi connectivity index (χ3n) is 5.93. The van der Waals surface area contributed by atoms with Crippen LogP contribution in [0.15, 0.2) is 60.7 Å². The van der Waals surface area contributed by atoms with Crippen LogP contribution in [-0.4, -0.2) is 16.2 Å². The predicted molar refractivity (Wildman–Crippen MR) is 159 cm³/mol. The van der Waals surface area contributed by atoms with E-state index in [-0.39, 0.29) is 15.0 Å². The summed E-state index contributed by atoms with van der Waals surface area (Å²) in [6, 6.07) is 13.5. The number of hydrogen-bond donors (Lipinski definition) is 2. The Kier molecular flexibility index (Phi) is 9.34. The van der Waals surface area contributed by atoms with E-state index in [1.807, 2.05) is 6.92 Å². The van der Waals surface area contributed by atoms with E-state index in [4.69, 9.17) is 44.3 Å². The highest BCUT2D eigenvalue weighted by atomic mass is 35.5. The Balaban J connectivity index is 1.52. The number of carbonyl (C=O) groups is 2. The van der Waals surface area contributed by atoms with Crippen LogP contribution in [0.3, 0.4) is 0 Å².